The number of hydrogen-bond acceptors (Lipinski definition) is 0. The smallest absolute Gasteiger partial charge is 0.131 e. The van der Waals surface area contributed by atoms with E-state index in [9.17, 15) is 8.78 Å². The zero-order chi connectivity index (χ0) is 19.2. The second kappa shape index (κ2) is 9.30. The minimum atomic E-state index is -0.438. The third-order valence-electron chi connectivity index (χ3n) is 6.06. The minimum Gasteiger partial charge on any atom is -0.206 e. The summed E-state index contributed by atoms with van der Waals surface area (Å²) in [6.07, 6.45) is 11.9. The highest BCUT2D eigenvalue weighted by Crippen LogP contribution is 2.38. The highest BCUT2D eigenvalue weighted by atomic mass is 19.1. The first kappa shape index (κ1) is 19.8. The van der Waals surface area contributed by atoms with Crippen LogP contribution in [-0.4, -0.2) is 0 Å². The van der Waals surface area contributed by atoms with Crippen molar-refractivity contribution < 1.29 is 8.78 Å². The van der Waals surface area contributed by atoms with Gasteiger partial charge in [-0.05, 0) is 60.8 Å². The Balaban J connectivity index is 1.65. The van der Waals surface area contributed by atoms with Gasteiger partial charge in [-0.15, -0.1) is 0 Å². The Labute approximate surface area is 162 Å². The predicted molar refractivity (Wildman–Crippen MR) is 111 cm³/mol. The number of hydrogen-bond donors (Lipinski definition) is 0. The van der Waals surface area contributed by atoms with E-state index in [2.05, 4.69) is 25.6 Å². The lowest BCUT2D eigenvalue weighted by molar-refractivity contribution is 0.303. The Morgan fingerprint density at radius 1 is 0.963 bits per heavy atom. The van der Waals surface area contributed by atoms with E-state index < -0.39 is 11.6 Å². The molecule has 0 bridgehead atoms. The third kappa shape index (κ3) is 4.86. The normalized spacial score (nSPS) is 19.8. The Bertz CT molecular complexity index is 753. The first-order valence-corrected chi connectivity index (χ1v) is 10.3. The average Bonchev–Trinajstić information content (AvgIpc) is 2.70. The van der Waals surface area contributed by atoms with Gasteiger partial charge in [0, 0.05) is 11.1 Å². The topological polar surface area (TPSA) is 0 Å². The maximum absolute atomic E-state index is 14.3. The van der Waals surface area contributed by atoms with Crippen molar-refractivity contribution in [3.05, 3.63) is 65.7 Å². The molecule has 0 nitrogen and oxygen atoms in total. The van der Waals surface area contributed by atoms with E-state index in [1.54, 1.807) is 0 Å². The van der Waals surface area contributed by atoms with Gasteiger partial charge in [0.15, 0.2) is 0 Å². The number of rotatable bonds is 7. The molecule has 0 amide bonds. The first-order chi connectivity index (χ1) is 13.1. The molecule has 1 aliphatic carbocycles. The lowest BCUT2D eigenvalue weighted by atomic mass is 9.77. The van der Waals surface area contributed by atoms with Gasteiger partial charge < -0.3 is 0 Å². The summed E-state index contributed by atoms with van der Waals surface area (Å²) in [5.41, 5.74) is 2.56. The van der Waals surface area contributed by atoms with E-state index in [4.69, 9.17) is 0 Å². The predicted octanol–water partition coefficient (Wildman–Crippen LogP) is 8.13. The standard InChI is InChI=1S/C25H30F2/c1-3-5-6-7-18-8-10-20(11-9-18)21-12-14-22(15-13-21)23-17-24(26)19(4-2)16-25(23)27/h4,12-18,20H,2-3,5-11H2,1H3. The van der Waals surface area contributed by atoms with E-state index >= 15 is 0 Å². The van der Waals surface area contributed by atoms with Gasteiger partial charge in [-0.3, -0.25) is 0 Å². The summed E-state index contributed by atoms with van der Waals surface area (Å²) in [6.45, 7) is 5.78. The molecule has 1 saturated carbocycles. The SMILES string of the molecule is C=Cc1cc(F)c(-c2ccc(C3CCC(CCCCC)CC3)cc2)cc1F. The fourth-order valence-electron chi connectivity index (χ4n) is 4.34. The molecular formula is C25H30F2. The lowest BCUT2D eigenvalue weighted by Crippen LogP contribution is -2.13. The lowest BCUT2D eigenvalue weighted by Gasteiger charge is -2.29. The quantitative estimate of drug-likeness (QED) is 0.433. The Morgan fingerprint density at radius 3 is 2.30 bits per heavy atom. The highest BCUT2D eigenvalue weighted by Gasteiger charge is 2.22. The Morgan fingerprint density at radius 2 is 1.67 bits per heavy atom. The molecule has 1 aliphatic rings. The molecule has 0 saturated heterocycles. The van der Waals surface area contributed by atoms with Crippen LogP contribution in [0.25, 0.3) is 17.2 Å². The molecule has 1 fully saturated rings. The molecule has 0 aromatic heterocycles. The van der Waals surface area contributed by atoms with Crippen LogP contribution < -0.4 is 0 Å². The van der Waals surface area contributed by atoms with Gasteiger partial charge in [-0.2, -0.15) is 0 Å². The van der Waals surface area contributed by atoms with E-state index in [1.165, 1.54) is 75.1 Å². The fraction of sp³-hybridized carbons (Fsp3) is 0.440. The van der Waals surface area contributed by atoms with Crippen molar-refractivity contribution in [1.82, 2.24) is 0 Å². The zero-order valence-electron chi connectivity index (χ0n) is 16.3. The van der Waals surface area contributed by atoms with E-state index in [1.807, 2.05) is 12.1 Å². The van der Waals surface area contributed by atoms with Crippen LogP contribution in [0.15, 0.2) is 43.0 Å². The summed E-state index contributed by atoms with van der Waals surface area (Å²) in [6, 6.07) is 10.5. The van der Waals surface area contributed by atoms with Crippen molar-refractivity contribution in [3.63, 3.8) is 0 Å². The van der Waals surface area contributed by atoms with E-state index in [0.29, 0.717) is 11.5 Å². The molecule has 0 N–H and O–H groups in total. The van der Waals surface area contributed by atoms with Gasteiger partial charge in [0.2, 0.25) is 0 Å². The molecule has 0 radical (unpaired) electrons. The van der Waals surface area contributed by atoms with Crippen molar-refractivity contribution in [1.29, 1.82) is 0 Å². The molecule has 144 valence electrons. The summed E-state index contributed by atoms with van der Waals surface area (Å²) in [4.78, 5) is 0. The largest absolute Gasteiger partial charge is 0.206 e. The van der Waals surface area contributed by atoms with Crippen molar-refractivity contribution >= 4 is 6.08 Å². The van der Waals surface area contributed by atoms with Crippen LogP contribution in [0.3, 0.4) is 0 Å². The summed E-state index contributed by atoms with van der Waals surface area (Å²) in [5.74, 6) is 0.650. The Hall–Kier alpha value is -1.96. The van der Waals surface area contributed by atoms with E-state index in [0.717, 1.165) is 11.5 Å². The van der Waals surface area contributed by atoms with Crippen molar-refractivity contribution in [2.24, 2.45) is 5.92 Å². The van der Waals surface area contributed by atoms with Gasteiger partial charge in [0.05, 0.1) is 0 Å². The molecule has 0 aliphatic heterocycles. The zero-order valence-corrected chi connectivity index (χ0v) is 16.3. The summed E-state index contributed by atoms with van der Waals surface area (Å²) >= 11 is 0. The van der Waals surface area contributed by atoms with Crippen molar-refractivity contribution in [2.45, 2.75) is 64.2 Å². The number of unbranched alkanes of at least 4 members (excludes halogenated alkanes) is 2. The molecule has 2 aromatic carbocycles. The van der Waals surface area contributed by atoms with E-state index in [-0.39, 0.29) is 5.56 Å². The van der Waals surface area contributed by atoms with Gasteiger partial charge in [0.25, 0.3) is 0 Å². The van der Waals surface area contributed by atoms with Crippen LogP contribution in [0.5, 0.6) is 0 Å². The summed E-state index contributed by atoms with van der Waals surface area (Å²) in [7, 11) is 0. The van der Waals surface area contributed by atoms with Gasteiger partial charge in [-0.25, -0.2) is 8.78 Å². The molecule has 0 atom stereocenters. The molecule has 0 spiro atoms. The van der Waals surface area contributed by atoms with Crippen LogP contribution in [0.1, 0.15) is 75.3 Å². The second-order valence-corrected chi connectivity index (χ2v) is 7.89. The van der Waals surface area contributed by atoms with Crippen LogP contribution in [0.2, 0.25) is 0 Å². The molecular weight excluding hydrogens is 338 g/mol. The van der Waals surface area contributed by atoms with Crippen LogP contribution >= 0.6 is 0 Å². The second-order valence-electron chi connectivity index (χ2n) is 7.89. The maximum Gasteiger partial charge on any atom is 0.131 e. The number of halogens is 2. The minimum absolute atomic E-state index is 0.198. The van der Waals surface area contributed by atoms with Gasteiger partial charge in [-0.1, -0.05) is 69.5 Å². The fourth-order valence-corrected chi connectivity index (χ4v) is 4.34. The molecule has 27 heavy (non-hydrogen) atoms. The first-order valence-electron chi connectivity index (χ1n) is 10.3. The number of benzene rings is 2. The molecule has 2 heteroatoms. The molecule has 2 aromatic rings. The Kier molecular flexibility index (Phi) is 6.82. The average molecular weight is 369 g/mol. The summed E-state index contributed by atoms with van der Waals surface area (Å²) < 4.78 is 28.3. The van der Waals surface area contributed by atoms with Crippen molar-refractivity contribution in [2.75, 3.05) is 0 Å². The monoisotopic (exact) mass is 368 g/mol. The van der Waals surface area contributed by atoms with Crippen molar-refractivity contribution in [3.8, 4) is 11.1 Å². The molecule has 3 rings (SSSR count). The summed E-state index contributed by atoms with van der Waals surface area (Å²) in [5, 5.41) is 0. The van der Waals surface area contributed by atoms with Gasteiger partial charge >= 0.3 is 0 Å². The highest BCUT2D eigenvalue weighted by molar-refractivity contribution is 5.67. The molecule has 0 unspecified atom stereocenters. The maximum atomic E-state index is 14.3. The van der Waals surface area contributed by atoms with Gasteiger partial charge in [0.1, 0.15) is 11.6 Å². The van der Waals surface area contributed by atoms with Crippen LogP contribution in [-0.2, 0) is 0 Å². The van der Waals surface area contributed by atoms with Crippen LogP contribution in [0, 0.1) is 17.6 Å². The third-order valence-corrected chi connectivity index (χ3v) is 6.06. The van der Waals surface area contributed by atoms with Crippen LogP contribution in [0.4, 0.5) is 8.78 Å². The molecule has 0 heterocycles.